The summed E-state index contributed by atoms with van der Waals surface area (Å²) < 4.78 is 8.21. The molecule has 2 aromatic heterocycles. The minimum Gasteiger partial charge on any atom is -0.383 e. The largest absolute Gasteiger partial charge is 0.383 e. The van der Waals surface area contributed by atoms with Gasteiger partial charge in [0.25, 0.3) is 0 Å². The van der Waals surface area contributed by atoms with Crippen LogP contribution in [0.4, 0.5) is 0 Å². The monoisotopic (exact) mass is 264 g/mol. The molecular weight excluding hydrogens is 244 g/mol. The van der Waals surface area contributed by atoms with Gasteiger partial charge in [-0.15, -0.1) is 5.10 Å². The fraction of sp³-hybridized carbons (Fsp3) is 0.538. The molecule has 2 heterocycles. The number of pyridine rings is 1. The predicted molar refractivity (Wildman–Crippen MR) is 73.4 cm³/mol. The van der Waals surface area contributed by atoms with Crippen molar-refractivity contribution in [3.63, 3.8) is 0 Å². The van der Waals surface area contributed by atoms with Crippen LogP contribution in [0.5, 0.6) is 0 Å². The summed E-state index contributed by atoms with van der Waals surface area (Å²) in [6, 6.07) is 5.60. The zero-order valence-corrected chi connectivity index (χ0v) is 11.4. The van der Waals surface area contributed by atoms with E-state index in [0.717, 1.165) is 13.0 Å². The van der Waals surface area contributed by atoms with Crippen LogP contribution in [0.15, 0.2) is 29.2 Å². The predicted octanol–water partition coefficient (Wildman–Crippen LogP) is 0.511. The number of aromatic nitrogens is 3. The molecule has 2 aromatic rings. The van der Waals surface area contributed by atoms with Gasteiger partial charge >= 0.3 is 5.69 Å². The average molecular weight is 264 g/mol. The van der Waals surface area contributed by atoms with Crippen LogP contribution in [-0.4, -0.2) is 40.5 Å². The van der Waals surface area contributed by atoms with Gasteiger partial charge in [-0.05, 0) is 25.1 Å². The summed E-state index contributed by atoms with van der Waals surface area (Å²) >= 11 is 0. The minimum absolute atomic E-state index is 0.0903. The molecule has 1 atom stereocenters. The van der Waals surface area contributed by atoms with Gasteiger partial charge in [0.1, 0.15) is 0 Å². The molecule has 19 heavy (non-hydrogen) atoms. The standard InChI is InChI=1S/C13H20N4O2/c1-3-7-14-11(10-19-2)9-17-13(18)16-8-5-4-6-12(16)15-17/h4-6,8,11,14H,3,7,9-10H2,1-2H3. The molecule has 0 aliphatic heterocycles. The molecule has 0 fully saturated rings. The fourth-order valence-corrected chi connectivity index (χ4v) is 2.02. The first-order chi connectivity index (χ1) is 9.26. The van der Waals surface area contributed by atoms with E-state index in [4.69, 9.17) is 4.74 Å². The Morgan fingerprint density at radius 2 is 2.32 bits per heavy atom. The molecule has 1 unspecified atom stereocenters. The number of nitrogens with one attached hydrogen (secondary N) is 1. The van der Waals surface area contributed by atoms with Crippen LogP contribution in [0.25, 0.3) is 5.65 Å². The molecular formula is C13H20N4O2. The lowest BCUT2D eigenvalue weighted by molar-refractivity contribution is 0.156. The Bertz CT molecular complexity index is 575. The Kier molecular flexibility index (Phi) is 4.70. The van der Waals surface area contributed by atoms with Crippen molar-refractivity contribution >= 4 is 5.65 Å². The Morgan fingerprint density at radius 3 is 3.00 bits per heavy atom. The van der Waals surface area contributed by atoms with Crippen LogP contribution in [0.3, 0.4) is 0 Å². The molecule has 0 spiro atoms. The van der Waals surface area contributed by atoms with Gasteiger partial charge < -0.3 is 10.1 Å². The normalized spacial score (nSPS) is 12.9. The molecule has 0 saturated heterocycles. The highest BCUT2D eigenvalue weighted by Crippen LogP contribution is 1.97. The van der Waals surface area contributed by atoms with Crippen molar-refractivity contribution in [1.29, 1.82) is 0 Å². The minimum atomic E-state index is -0.116. The summed E-state index contributed by atoms with van der Waals surface area (Å²) in [4.78, 5) is 12.1. The van der Waals surface area contributed by atoms with Crippen LogP contribution >= 0.6 is 0 Å². The Morgan fingerprint density at radius 1 is 1.47 bits per heavy atom. The lowest BCUT2D eigenvalue weighted by Gasteiger charge is -2.16. The van der Waals surface area contributed by atoms with E-state index in [1.165, 1.54) is 4.68 Å². The zero-order chi connectivity index (χ0) is 13.7. The third-order valence-electron chi connectivity index (χ3n) is 2.93. The maximum Gasteiger partial charge on any atom is 0.350 e. The summed E-state index contributed by atoms with van der Waals surface area (Å²) in [6.07, 6.45) is 2.77. The average Bonchev–Trinajstić information content (AvgIpc) is 2.74. The number of nitrogens with zero attached hydrogens (tertiary/aromatic N) is 3. The highest BCUT2D eigenvalue weighted by molar-refractivity contribution is 5.35. The molecule has 6 nitrogen and oxygen atoms in total. The second-order valence-electron chi connectivity index (χ2n) is 4.50. The van der Waals surface area contributed by atoms with Gasteiger partial charge in [-0.1, -0.05) is 13.0 Å². The van der Waals surface area contributed by atoms with Crippen molar-refractivity contribution < 1.29 is 4.74 Å². The number of fused-ring (bicyclic) bond motifs is 1. The van der Waals surface area contributed by atoms with E-state index in [0.29, 0.717) is 18.8 Å². The molecule has 0 saturated carbocycles. The molecule has 104 valence electrons. The van der Waals surface area contributed by atoms with E-state index in [1.807, 2.05) is 18.2 Å². The van der Waals surface area contributed by atoms with E-state index in [9.17, 15) is 4.79 Å². The van der Waals surface area contributed by atoms with E-state index in [2.05, 4.69) is 17.3 Å². The number of ether oxygens (including phenoxy) is 1. The molecule has 0 radical (unpaired) electrons. The topological polar surface area (TPSA) is 60.6 Å². The van der Waals surface area contributed by atoms with Crippen molar-refractivity contribution in [2.75, 3.05) is 20.3 Å². The van der Waals surface area contributed by atoms with Crippen LogP contribution in [0.2, 0.25) is 0 Å². The smallest absolute Gasteiger partial charge is 0.350 e. The highest BCUT2D eigenvalue weighted by Gasteiger charge is 2.12. The Labute approximate surface area is 112 Å². The summed E-state index contributed by atoms with van der Waals surface area (Å²) in [5.74, 6) is 0. The maximum absolute atomic E-state index is 12.1. The van der Waals surface area contributed by atoms with Gasteiger partial charge in [-0.3, -0.25) is 4.40 Å². The first-order valence-corrected chi connectivity index (χ1v) is 6.52. The summed E-state index contributed by atoms with van der Waals surface area (Å²) in [5, 5.41) is 7.67. The molecule has 0 amide bonds. The van der Waals surface area contributed by atoms with Gasteiger partial charge in [0.05, 0.1) is 19.2 Å². The molecule has 0 aromatic carbocycles. The van der Waals surface area contributed by atoms with Crippen LogP contribution < -0.4 is 11.0 Å². The van der Waals surface area contributed by atoms with Crippen molar-refractivity contribution in [3.8, 4) is 0 Å². The van der Waals surface area contributed by atoms with E-state index in [-0.39, 0.29) is 11.7 Å². The quantitative estimate of drug-likeness (QED) is 0.791. The molecule has 0 aliphatic rings. The van der Waals surface area contributed by atoms with Crippen LogP contribution in [0.1, 0.15) is 13.3 Å². The van der Waals surface area contributed by atoms with Gasteiger partial charge in [0.15, 0.2) is 5.65 Å². The number of hydrogen-bond donors (Lipinski definition) is 1. The molecule has 0 bridgehead atoms. The van der Waals surface area contributed by atoms with Gasteiger partial charge in [-0.2, -0.15) is 0 Å². The van der Waals surface area contributed by atoms with Crippen LogP contribution in [-0.2, 0) is 11.3 Å². The Balaban J connectivity index is 2.18. The maximum atomic E-state index is 12.1. The van der Waals surface area contributed by atoms with E-state index >= 15 is 0 Å². The molecule has 0 aliphatic carbocycles. The van der Waals surface area contributed by atoms with Gasteiger partial charge in [0, 0.05) is 13.3 Å². The van der Waals surface area contributed by atoms with Crippen molar-refractivity contribution in [3.05, 3.63) is 34.9 Å². The van der Waals surface area contributed by atoms with E-state index in [1.54, 1.807) is 17.7 Å². The van der Waals surface area contributed by atoms with E-state index < -0.39 is 0 Å². The number of rotatable bonds is 7. The van der Waals surface area contributed by atoms with Gasteiger partial charge in [-0.25, -0.2) is 9.48 Å². The zero-order valence-electron chi connectivity index (χ0n) is 11.4. The first kappa shape index (κ1) is 13.8. The summed E-state index contributed by atoms with van der Waals surface area (Å²) in [7, 11) is 1.66. The highest BCUT2D eigenvalue weighted by atomic mass is 16.5. The molecule has 6 heteroatoms. The van der Waals surface area contributed by atoms with Crippen molar-refractivity contribution in [2.45, 2.75) is 25.9 Å². The van der Waals surface area contributed by atoms with Gasteiger partial charge in [0.2, 0.25) is 0 Å². The first-order valence-electron chi connectivity index (χ1n) is 6.52. The molecule has 2 rings (SSSR count). The summed E-state index contributed by atoms with van der Waals surface area (Å²) in [6.45, 7) is 4.07. The van der Waals surface area contributed by atoms with Crippen LogP contribution in [0, 0.1) is 0 Å². The Hall–Kier alpha value is -1.66. The third kappa shape index (κ3) is 3.21. The fourth-order valence-electron chi connectivity index (χ4n) is 2.02. The number of hydrogen-bond acceptors (Lipinski definition) is 4. The lowest BCUT2D eigenvalue weighted by atomic mass is 10.3. The second-order valence-corrected chi connectivity index (χ2v) is 4.50. The molecule has 1 N–H and O–H groups in total. The van der Waals surface area contributed by atoms with Crippen molar-refractivity contribution in [2.24, 2.45) is 0 Å². The number of methoxy groups -OCH3 is 1. The second kappa shape index (κ2) is 6.49. The summed E-state index contributed by atoms with van der Waals surface area (Å²) in [5.41, 5.74) is 0.550. The SMILES string of the molecule is CCCNC(COC)Cn1nc2ccccn2c1=O. The van der Waals surface area contributed by atoms with Crippen molar-refractivity contribution in [1.82, 2.24) is 19.5 Å². The lowest BCUT2D eigenvalue weighted by Crippen LogP contribution is -2.40. The third-order valence-corrected chi connectivity index (χ3v) is 2.93.